The molecule has 0 radical (unpaired) electrons. The van der Waals surface area contributed by atoms with Gasteiger partial charge >= 0.3 is 0 Å². The molecule has 2 rings (SSSR count). The van der Waals surface area contributed by atoms with E-state index in [1.807, 2.05) is 60.7 Å². The third-order valence-electron chi connectivity index (χ3n) is 3.42. The van der Waals surface area contributed by atoms with Gasteiger partial charge in [0, 0.05) is 12.0 Å². The Morgan fingerprint density at radius 2 is 1.45 bits per heavy atom. The molecule has 0 N–H and O–H groups in total. The summed E-state index contributed by atoms with van der Waals surface area (Å²) in [5, 5.41) is 9.07. The van der Waals surface area contributed by atoms with Gasteiger partial charge in [-0.05, 0) is 11.1 Å². The summed E-state index contributed by atoms with van der Waals surface area (Å²) in [6.07, 6.45) is 6.30. The number of hydrogen-bond acceptors (Lipinski definition) is 1. The van der Waals surface area contributed by atoms with E-state index in [0.29, 0.717) is 12.0 Å². The summed E-state index contributed by atoms with van der Waals surface area (Å²) < 4.78 is 0. The van der Waals surface area contributed by atoms with Gasteiger partial charge in [0.1, 0.15) is 0 Å². The van der Waals surface area contributed by atoms with Crippen LogP contribution >= 0.6 is 0 Å². The molecule has 0 fully saturated rings. The number of nitrogens with zero attached hydrogens (tertiary/aromatic N) is 1. The molecule has 0 atom stereocenters. The first-order valence-corrected chi connectivity index (χ1v) is 6.39. The van der Waals surface area contributed by atoms with Crippen molar-refractivity contribution in [2.24, 2.45) is 0 Å². The molecule has 0 saturated carbocycles. The van der Waals surface area contributed by atoms with Gasteiger partial charge in [-0.1, -0.05) is 73.2 Å². The van der Waals surface area contributed by atoms with E-state index >= 15 is 0 Å². The molecule has 20 heavy (non-hydrogen) atoms. The summed E-state index contributed by atoms with van der Waals surface area (Å²) in [5.41, 5.74) is 1.85. The highest BCUT2D eigenvalue weighted by molar-refractivity contribution is 5.49. The van der Waals surface area contributed by atoms with Gasteiger partial charge in [0.2, 0.25) is 0 Å². The highest BCUT2D eigenvalue weighted by Crippen LogP contribution is 2.37. The van der Waals surface area contributed by atoms with Crippen LogP contribution in [0.5, 0.6) is 0 Å². The highest BCUT2D eigenvalue weighted by Gasteiger charge is 2.32. The zero-order valence-electron chi connectivity index (χ0n) is 11.2. The molecule has 0 aliphatic heterocycles. The lowest BCUT2D eigenvalue weighted by molar-refractivity contribution is 0.668. The number of terminal acetylenes is 1. The molecule has 0 amide bonds. The number of allylic oxidation sites excluding steroid dienone is 1. The summed E-state index contributed by atoms with van der Waals surface area (Å²) in [4.78, 5) is 0. The Hall–Kier alpha value is -2.77. The molecule has 96 valence electrons. The number of benzene rings is 2. The third kappa shape index (κ3) is 2.48. The van der Waals surface area contributed by atoms with Crippen LogP contribution in [0.2, 0.25) is 0 Å². The Morgan fingerprint density at radius 1 is 1.00 bits per heavy atom. The fourth-order valence-corrected chi connectivity index (χ4v) is 2.39. The zero-order valence-corrected chi connectivity index (χ0v) is 11.2. The van der Waals surface area contributed by atoms with Crippen molar-refractivity contribution in [3.8, 4) is 18.4 Å². The van der Waals surface area contributed by atoms with E-state index in [1.165, 1.54) is 0 Å². The fraction of sp³-hybridized carbons (Fsp3) is 0.105. The van der Waals surface area contributed by atoms with Gasteiger partial charge in [-0.2, -0.15) is 5.26 Å². The molecule has 1 heteroatoms. The highest BCUT2D eigenvalue weighted by atomic mass is 14.3. The average Bonchev–Trinajstić information content (AvgIpc) is 2.54. The predicted octanol–water partition coefficient (Wildman–Crippen LogP) is 4.08. The quantitative estimate of drug-likeness (QED) is 0.598. The van der Waals surface area contributed by atoms with Crippen LogP contribution in [0.25, 0.3) is 0 Å². The standard InChI is InChI=1S/C19H15N/c1-3-19(14-16(2)15-20,17-10-6-4-7-11-17)18-12-8-5-9-13-18/h1,4-13H,2,14H2. The van der Waals surface area contributed by atoms with Gasteiger partial charge in [0.15, 0.2) is 0 Å². The SMILES string of the molecule is C#CC(CC(=C)C#N)(c1ccccc1)c1ccccc1. The van der Waals surface area contributed by atoms with Crippen molar-refractivity contribution < 1.29 is 0 Å². The number of hydrogen-bond donors (Lipinski definition) is 0. The molecule has 0 aliphatic carbocycles. The summed E-state index contributed by atoms with van der Waals surface area (Å²) in [6, 6.07) is 21.8. The Kier molecular flexibility index (Phi) is 4.04. The first-order valence-electron chi connectivity index (χ1n) is 6.39. The van der Waals surface area contributed by atoms with Gasteiger partial charge in [-0.3, -0.25) is 0 Å². The van der Waals surface area contributed by atoms with Gasteiger partial charge in [-0.25, -0.2) is 0 Å². The van der Waals surface area contributed by atoms with Crippen molar-refractivity contribution in [2.75, 3.05) is 0 Å². The number of nitriles is 1. The monoisotopic (exact) mass is 257 g/mol. The summed E-state index contributed by atoms with van der Waals surface area (Å²) >= 11 is 0. The average molecular weight is 257 g/mol. The minimum Gasteiger partial charge on any atom is -0.193 e. The Bertz CT molecular complexity index is 630. The molecular formula is C19H15N. The molecule has 0 saturated heterocycles. The van der Waals surface area contributed by atoms with E-state index in [2.05, 4.69) is 18.6 Å². The summed E-state index contributed by atoms with van der Waals surface area (Å²) in [5.74, 6) is 2.90. The molecule has 0 spiro atoms. The first-order chi connectivity index (χ1) is 9.73. The van der Waals surface area contributed by atoms with Gasteiger partial charge in [0.25, 0.3) is 0 Å². The topological polar surface area (TPSA) is 23.8 Å². The Labute approximate surface area is 120 Å². The van der Waals surface area contributed by atoms with Gasteiger partial charge < -0.3 is 0 Å². The van der Waals surface area contributed by atoms with Crippen LogP contribution in [0.3, 0.4) is 0 Å². The lowest BCUT2D eigenvalue weighted by Crippen LogP contribution is -2.26. The van der Waals surface area contributed by atoms with Crippen molar-refractivity contribution in [1.82, 2.24) is 0 Å². The second-order valence-electron chi connectivity index (χ2n) is 4.67. The van der Waals surface area contributed by atoms with Crippen LogP contribution in [-0.4, -0.2) is 0 Å². The van der Waals surface area contributed by atoms with E-state index in [9.17, 15) is 0 Å². The third-order valence-corrected chi connectivity index (χ3v) is 3.42. The lowest BCUT2D eigenvalue weighted by Gasteiger charge is -2.29. The van der Waals surface area contributed by atoms with Crippen molar-refractivity contribution in [1.29, 1.82) is 5.26 Å². The first kappa shape index (κ1) is 13.7. The molecule has 0 heterocycles. The summed E-state index contributed by atoms with van der Waals surface area (Å²) in [6.45, 7) is 3.80. The molecule has 2 aromatic carbocycles. The van der Waals surface area contributed by atoms with Crippen molar-refractivity contribution in [2.45, 2.75) is 11.8 Å². The predicted molar refractivity (Wildman–Crippen MR) is 81.9 cm³/mol. The molecule has 0 unspecified atom stereocenters. The van der Waals surface area contributed by atoms with E-state index in [-0.39, 0.29) is 0 Å². The van der Waals surface area contributed by atoms with Crippen LogP contribution in [0, 0.1) is 23.7 Å². The molecule has 0 aliphatic rings. The van der Waals surface area contributed by atoms with Crippen molar-refractivity contribution in [3.63, 3.8) is 0 Å². The largest absolute Gasteiger partial charge is 0.193 e. The van der Waals surface area contributed by atoms with Gasteiger partial charge in [-0.15, -0.1) is 6.42 Å². The van der Waals surface area contributed by atoms with Crippen LogP contribution < -0.4 is 0 Å². The second-order valence-corrected chi connectivity index (χ2v) is 4.67. The van der Waals surface area contributed by atoms with E-state index in [1.54, 1.807) is 0 Å². The lowest BCUT2D eigenvalue weighted by atomic mass is 9.71. The Morgan fingerprint density at radius 3 is 1.80 bits per heavy atom. The minimum atomic E-state index is -0.644. The second kappa shape index (κ2) is 5.91. The van der Waals surface area contributed by atoms with E-state index < -0.39 is 5.41 Å². The maximum atomic E-state index is 9.07. The maximum absolute atomic E-state index is 9.07. The Balaban J connectivity index is 2.63. The van der Waals surface area contributed by atoms with Crippen LogP contribution in [0.4, 0.5) is 0 Å². The normalized spacial score (nSPS) is 10.3. The molecule has 0 bridgehead atoms. The number of rotatable bonds is 4. The molecular weight excluding hydrogens is 242 g/mol. The fourth-order valence-electron chi connectivity index (χ4n) is 2.39. The smallest absolute Gasteiger partial charge is 0.0941 e. The van der Waals surface area contributed by atoms with Crippen LogP contribution in [0.1, 0.15) is 17.5 Å². The maximum Gasteiger partial charge on any atom is 0.0941 e. The van der Waals surface area contributed by atoms with Crippen LogP contribution in [-0.2, 0) is 5.41 Å². The summed E-state index contributed by atoms with van der Waals surface area (Å²) in [7, 11) is 0. The molecule has 1 nitrogen and oxygen atoms in total. The van der Waals surface area contributed by atoms with Crippen molar-refractivity contribution >= 4 is 0 Å². The van der Waals surface area contributed by atoms with Gasteiger partial charge in [0.05, 0.1) is 11.5 Å². The van der Waals surface area contributed by atoms with E-state index in [0.717, 1.165) is 11.1 Å². The zero-order chi connectivity index (χ0) is 14.4. The van der Waals surface area contributed by atoms with Crippen LogP contribution in [0.15, 0.2) is 72.8 Å². The molecule has 2 aromatic rings. The van der Waals surface area contributed by atoms with Crippen molar-refractivity contribution in [3.05, 3.63) is 83.9 Å². The van der Waals surface area contributed by atoms with E-state index in [4.69, 9.17) is 11.7 Å². The minimum absolute atomic E-state index is 0.425. The molecule has 0 aromatic heterocycles.